The van der Waals surface area contributed by atoms with E-state index in [9.17, 15) is 9.59 Å². The van der Waals surface area contributed by atoms with Gasteiger partial charge in [0.25, 0.3) is 0 Å². The highest BCUT2D eigenvalue weighted by atomic mass is 35.5. The van der Waals surface area contributed by atoms with E-state index in [0.29, 0.717) is 34.3 Å². The number of likely N-dealkylation sites (tertiary alicyclic amines) is 1. The molecule has 0 N–H and O–H groups in total. The first kappa shape index (κ1) is 14.4. The minimum atomic E-state index is -0.134. The fraction of sp³-hybridized carbons (Fsp3) is 0.188. The van der Waals surface area contributed by atoms with Crippen molar-refractivity contribution in [1.82, 2.24) is 9.88 Å². The fourth-order valence-corrected chi connectivity index (χ4v) is 3.52. The topological polar surface area (TPSA) is 63.4 Å². The van der Waals surface area contributed by atoms with Crippen LogP contribution in [0.15, 0.2) is 34.1 Å². The predicted octanol–water partition coefficient (Wildman–Crippen LogP) is 3.86. The van der Waals surface area contributed by atoms with Crippen LogP contribution in [0.3, 0.4) is 0 Å². The van der Waals surface area contributed by atoms with E-state index in [1.807, 2.05) is 23.6 Å². The number of fused-ring (bicyclic) bond motifs is 1. The maximum atomic E-state index is 11.7. The number of thiazole rings is 1. The molecule has 0 bridgehead atoms. The highest BCUT2D eigenvalue weighted by Gasteiger charge is 2.29. The number of halogens is 1. The molecule has 3 heterocycles. The number of benzene rings is 1. The third kappa shape index (κ3) is 2.64. The molecule has 1 fully saturated rings. The minimum absolute atomic E-state index is 0.134. The number of carbonyl (C=O) groups is 2. The zero-order valence-electron chi connectivity index (χ0n) is 11.9. The number of furan rings is 1. The molecule has 2 aromatic heterocycles. The Morgan fingerprint density at radius 1 is 1.22 bits per heavy atom. The number of carbonyl (C=O) groups excluding carboxylic acids is 2. The van der Waals surface area contributed by atoms with Gasteiger partial charge in [-0.1, -0.05) is 11.6 Å². The molecular weight excluding hydrogens is 336 g/mol. The largest absolute Gasteiger partial charge is 0.454 e. The average Bonchev–Trinajstić information content (AvgIpc) is 3.21. The Labute approximate surface area is 140 Å². The Bertz CT molecular complexity index is 914. The van der Waals surface area contributed by atoms with Crippen molar-refractivity contribution < 1.29 is 14.0 Å². The van der Waals surface area contributed by atoms with E-state index in [-0.39, 0.29) is 18.4 Å². The summed E-state index contributed by atoms with van der Waals surface area (Å²) in [4.78, 5) is 29.1. The van der Waals surface area contributed by atoms with Crippen molar-refractivity contribution in [2.24, 2.45) is 0 Å². The maximum Gasteiger partial charge on any atom is 0.230 e. The summed E-state index contributed by atoms with van der Waals surface area (Å²) in [5.74, 6) is 0.374. The molecule has 0 radical (unpaired) electrons. The molecule has 1 saturated heterocycles. The average molecular weight is 347 g/mol. The number of rotatable bonds is 3. The molecule has 0 aliphatic carbocycles. The van der Waals surface area contributed by atoms with E-state index in [1.165, 1.54) is 16.2 Å². The molecule has 1 aliphatic rings. The van der Waals surface area contributed by atoms with Gasteiger partial charge in [0.05, 0.1) is 6.54 Å². The van der Waals surface area contributed by atoms with Gasteiger partial charge in [-0.2, -0.15) is 0 Å². The summed E-state index contributed by atoms with van der Waals surface area (Å²) in [6.07, 6.45) is 0.586. The summed E-state index contributed by atoms with van der Waals surface area (Å²) >= 11 is 7.38. The van der Waals surface area contributed by atoms with Crippen LogP contribution >= 0.6 is 22.9 Å². The molecule has 1 aliphatic heterocycles. The molecule has 7 heteroatoms. The molecule has 23 heavy (non-hydrogen) atoms. The monoisotopic (exact) mass is 346 g/mol. The van der Waals surface area contributed by atoms with Gasteiger partial charge in [-0.25, -0.2) is 4.98 Å². The molecule has 0 atom stereocenters. The molecule has 5 nitrogen and oxygen atoms in total. The number of aromatic nitrogens is 1. The van der Waals surface area contributed by atoms with Gasteiger partial charge < -0.3 is 4.42 Å². The molecule has 3 aromatic rings. The first-order chi connectivity index (χ1) is 11.1. The zero-order chi connectivity index (χ0) is 16.0. The summed E-state index contributed by atoms with van der Waals surface area (Å²) in [5, 5.41) is 4.13. The van der Waals surface area contributed by atoms with Gasteiger partial charge in [0, 0.05) is 28.6 Å². The molecule has 4 rings (SSSR count). The first-order valence-electron chi connectivity index (χ1n) is 7.07. The summed E-state index contributed by atoms with van der Waals surface area (Å²) < 4.78 is 5.77. The Kier molecular flexibility index (Phi) is 3.43. The van der Waals surface area contributed by atoms with Crippen LogP contribution in [0.4, 0.5) is 0 Å². The van der Waals surface area contributed by atoms with Gasteiger partial charge in [-0.15, -0.1) is 11.3 Å². The van der Waals surface area contributed by atoms with Crippen LogP contribution in [0.2, 0.25) is 5.02 Å². The van der Waals surface area contributed by atoms with Crippen molar-refractivity contribution in [2.75, 3.05) is 0 Å². The second-order valence-corrected chi connectivity index (χ2v) is 6.67. The number of hydrogen-bond acceptors (Lipinski definition) is 5. The van der Waals surface area contributed by atoms with Gasteiger partial charge in [-0.3, -0.25) is 14.5 Å². The number of imide groups is 1. The van der Waals surface area contributed by atoms with Crippen LogP contribution in [0.5, 0.6) is 0 Å². The van der Waals surface area contributed by atoms with Crippen LogP contribution in [0.1, 0.15) is 17.8 Å². The molecule has 2 amide bonds. The SMILES string of the molecule is O=C1CCC(=O)N1Cc1nc(-c2cc3cc(Cl)ccc3o2)cs1. The third-order valence-electron chi connectivity index (χ3n) is 3.73. The van der Waals surface area contributed by atoms with Crippen molar-refractivity contribution in [1.29, 1.82) is 0 Å². The van der Waals surface area contributed by atoms with Gasteiger partial charge in [0.2, 0.25) is 11.8 Å². The van der Waals surface area contributed by atoms with Crippen LogP contribution < -0.4 is 0 Å². The Hall–Kier alpha value is -2.18. The lowest BCUT2D eigenvalue weighted by Crippen LogP contribution is -2.28. The lowest BCUT2D eigenvalue weighted by atomic mass is 10.2. The van der Waals surface area contributed by atoms with Crippen molar-refractivity contribution in [2.45, 2.75) is 19.4 Å². The summed E-state index contributed by atoms with van der Waals surface area (Å²) in [6, 6.07) is 7.30. The van der Waals surface area contributed by atoms with E-state index in [4.69, 9.17) is 16.0 Å². The van der Waals surface area contributed by atoms with Crippen molar-refractivity contribution in [3.8, 4) is 11.5 Å². The number of amides is 2. The van der Waals surface area contributed by atoms with Gasteiger partial charge >= 0.3 is 0 Å². The minimum Gasteiger partial charge on any atom is -0.454 e. The maximum absolute atomic E-state index is 11.7. The molecule has 0 spiro atoms. The first-order valence-corrected chi connectivity index (χ1v) is 8.33. The van der Waals surface area contributed by atoms with E-state index < -0.39 is 0 Å². The third-order valence-corrected chi connectivity index (χ3v) is 4.80. The summed E-state index contributed by atoms with van der Waals surface area (Å²) in [5.41, 5.74) is 1.43. The van der Waals surface area contributed by atoms with Crippen LogP contribution in [-0.4, -0.2) is 21.7 Å². The summed E-state index contributed by atoms with van der Waals surface area (Å²) in [7, 11) is 0. The van der Waals surface area contributed by atoms with Crippen LogP contribution in [0, 0.1) is 0 Å². The Morgan fingerprint density at radius 2 is 2.00 bits per heavy atom. The van der Waals surface area contributed by atoms with Crippen molar-refractivity contribution in [3.05, 3.63) is 39.7 Å². The van der Waals surface area contributed by atoms with Gasteiger partial charge in [-0.05, 0) is 24.3 Å². The molecule has 1 aromatic carbocycles. The predicted molar refractivity (Wildman–Crippen MR) is 87.1 cm³/mol. The van der Waals surface area contributed by atoms with Crippen molar-refractivity contribution >= 4 is 45.7 Å². The van der Waals surface area contributed by atoms with E-state index in [1.54, 1.807) is 6.07 Å². The zero-order valence-corrected chi connectivity index (χ0v) is 13.5. The molecule has 0 unspecified atom stereocenters. The van der Waals surface area contributed by atoms with Gasteiger partial charge in [0.1, 0.15) is 16.3 Å². The van der Waals surface area contributed by atoms with E-state index >= 15 is 0 Å². The second kappa shape index (κ2) is 5.47. The van der Waals surface area contributed by atoms with Gasteiger partial charge in [0.15, 0.2) is 5.76 Å². The highest BCUT2D eigenvalue weighted by Crippen LogP contribution is 2.30. The molecule has 0 saturated carbocycles. The number of hydrogen-bond donors (Lipinski definition) is 0. The van der Waals surface area contributed by atoms with E-state index in [0.717, 1.165) is 11.0 Å². The second-order valence-electron chi connectivity index (χ2n) is 5.29. The molecule has 116 valence electrons. The van der Waals surface area contributed by atoms with Crippen LogP contribution in [0.25, 0.3) is 22.4 Å². The smallest absolute Gasteiger partial charge is 0.230 e. The quantitative estimate of drug-likeness (QED) is 0.675. The summed E-state index contributed by atoms with van der Waals surface area (Å²) in [6.45, 7) is 0.231. The lowest BCUT2D eigenvalue weighted by Gasteiger charge is -2.10. The number of nitrogens with zero attached hydrogens (tertiary/aromatic N) is 2. The fourth-order valence-electron chi connectivity index (χ4n) is 2.57. The highest BCUT2D eigenvalue weighted by molar-refractivity contribution is 7.09. The molecular formula is C16H11ClN2O3S. The normalized spacial score (nSPS) is 15.1. The Morgan fingerprint density at radius 3 is 2.78 bits per heavy atom. The van der Waals surface area contributed by atoms with Crippen molar-refractivity contribution in [3.63, 3.8) is 0 Å². The van der Waals surface area contributed by atoms with E-state index in [2.05, 4.69) is 4.98 Å². The Balaban J connectivity index is 1.61. The van der Waals surface area contributed by atoms with Crippen LogP contribution in [-0.2, 0) is 16.1 Å². The standard InChI is InChI=1S/C16H11ClN2O3S/c17-10-1-2-12-9(5-10)6-13(22-12)11-8-23-14(18-11)7-19-15(20)3-4-16(19)21/h1-2,5-6,8H,3-4,7H2. The lowest BCUT2D eigenvalue weighted by molar-refractivity contribution is -0.139.